The molecule has 0 aliphatic rings. The predicted molar refractivity (Wildman–Crippen MR) is 123 cm³/mol. The van der Waals surface area contributed by atoms with E-state index >= 15 is 0 Å². The largest absolute Gasteiger partial charge is 0.465 e. The summed E-state index contributed by atoms with van der Waals surface area (Å²) in [5.74, 6) is -0.914. The minimum atomic E-state index is -0.535. The molecule has 4 aromatic rings. The number of amides is 1. The van der Waals surface area contributed by atoms with Crippen LogP contribution >= 0.6 is 23.2 Å². The Morgan fingerprint density at radius 3 is 2.39 bits per heavy atom. The standard InChI is InChI=1S/C24H16Cl2N2O3/c1-31-24(30)16-7-3-5-9-21(16)28-23(29)17-13-22(14-10-11-18(25)19(26)12-14)27-20-8-4-2-6-15(17)20/h2-13H,1H3,(H,28,29). The van der Waals surface area contributed by atoms with Gasteiger partial charge in [0.05, 0.1) is 45.2 Å². The number of carbonyl (C=O) groups excluding carboxylic acids is 2. The molecule has 0 aliphatic carbocycles. The lowest BCUT2D eigenvalue weighted by Gasteiger charge is -2.13. The van der Waals surface area contributed by atoms with E-state index < -0.39 is 5.97 Å². The molecule has 4 rings (SSSR count). The Bertz CT molecular complexity index is 1320. The molecule has 1 aromatic heterocycles. The van der Waals surface area contributed by atoms with Crippen molar-refractivity contribution in [3.05, 3.63) is 94.0 Å². The predicted octanol–water partition coefficient (Wildman–Crippen LogP) is 6.25. The summed E-state index contributed by atoms with van der Waals surface area (Å²) < 4.78 is 4.81. The SMILES string of the molecule is COC(=O)c1ccccc1NC(=O)c1cc(-c2ccc(Cl)c(Cl)c2)nc2ccccc12. The molecule has 0 fully saturated rings. The number of aromatic nitrogens is 1. The number of esters is 1. The molecule has 7 heteroatoms. The summed E-state index contributed by atoms with van der Waals surface area (Å²) in [5.41, 5.74) is 2.98. The summed E-state index contributed by atoms with van der Waals surface area (Å²) in [7, 11) is 1.29. The van der Waals surface area contributed by atoms with Crippen LogP contribution in [0.4, 0.5) is 5.69 Å². The molecule has 0 aliphatic heterocycles. The number of halogens is 2. The highest BCUT2D eigenvalue weighted by Gasteiger charge is 2.18. The second-order valence-electron chi connectivity index (χ2n) is 6.69. The number of rotatable bonds is 4. The van der Waals surface area contributed by atoms with E-state index in [1.54, 1.807) is 48.5 Å². The maximum absolute atomic E-state index is 13.3. The van der Waals surface area contributed by atoms with Gasteiger partial charge < -0.3 is 10.1 Å². The topological polar surface area (TPSA) is 68.3 Å². The van der Waals surface area contributed by atoms with Gasteiger partial charge >= 0.3 is 5.97 Å². The van der Waals surface area contributed by atoms with Gasteiger partial charge in [0.1, 0.15) is 0 Å². The Kier molecular flexibility index (Phi) is 5.89. The maximum Gasteiger partial charge on any atom is 0.339 e. The molecule has 31 heavy (non-hydrogen) atoms. The Hall–Kier alpha value is -3.41. The molecule has 0 radical (unpaired) electrons. The van der Waals surface area contributed by atoms with Crippen LogP contribution in [0.3, 0.4) is 0 Å². The quantitative estimate of drug-likeness (QED) is 0.373. The number of fused-ring (bicyclic) bond motifs is 1. The van der Waals surface area contributed by atoms with E-state index in [1.165, 1.54) is 7.11 Å². The first-order valence-corrected chi connectivity index (χ1v) is 10.1. The van der Waals surface area contributed by atoms with Crippen LogP contribution in [0, 0.1) is 0 Å². The van der Waals surface area contributed by atoms with Crippen molar-refractivity contribution >= 4 is 51.7 Å². The van der Waals surface area contributed by atoms with Gasteiger partial charge in [-0.15, -0.1) is 0 Å². The molecule has 5 nitrogen and oxygen atoms in total. The first kappa shape index (κ1) is 20.8. The number of anilines is 1. The summed E-state index contributed by atoms with van der Waals surface area (Å²) >= 11 is 12.2. The van der Waals surface area contributed by atoms with Crippen molar-refractivity contribution in [2.75, 3.05) is 12.4 Å². The normalized spacial score (nSPS) is 10.7. The van der Waals surface area contributed by atoms with Crippen molar-refractivity contribution in [2.45, 2.75) is 0 Å². The Morgan fingerprint density at radius 2 is 1.61 bits per heavy atom. The Morgan fingerprint density at radius 1 is 0.871 bits per heavy atom. The molecule has 0 bridgehead atoms. The molecule has 1 amide bonds. The first-order chi connectivity index (χ1) is 15.0. The van der Waals surface area contributed by atoms with Crippen molar-refractivity contribution < 1.29 is 14.3 Å². The monoisotopic (exact) mass is 450 g/mol. The number of hydrogen-bond acceptors (Lipinski definition) is 4. The zero-order chi connectivity index (χ0) is 22.0. The van der Waals surface area contributed by atoms with Gasteiger partial charge in [0.15, 0.2) is 0 Å². The third-order valence-corrected chi connectivity index (χ3v) is 5.50. The number of carbonyl (C=O) groups is 2. The van der Waals surface area contributed by atoms with Crippen molar-refractivity contribution in [3.63, 3.8) is 0 Å². The summed E-state index contributed by atoms with van der Waals surface area (Å²) in [6.45, 7) is 0. The lowest BCUT2D eigenvalue weighted by atomic mass is 10.0. The van der Waals surface area contributed by atoms with Crippen LogP contribution in [0.1, 0.15) is 20.7 Å². The molecule has 0 unspecified atom stereocenters. The second kappa shape index (κ2) is 8.76. The molecule has 0 saturated carbocycles. The van der Waals surface area contributed by atoms with Gasteiger partial charge in [0.25, 0.3) is 5.91 Å². The summed E-state index contributed by atoms with van der Waals surface area (Å²) in [6.07, 6.45) is 0. The molecule has 1 N–H and O–H groups in total. The molecule has 1 heterocycles. The highest BCUT2D eigenvalue weighted by molar-refractivity contribution is 6.42. The number of methoxy groups -OCH3 is 1. The van der Waals surface area contributed by atoms with Gasteiger partial charge in [-0.1, -0.05) is 59.6 Å². The number of nitrogens with one attached hydrogen (secondary N) is 1. The fraction of sp³-hybridized carbons (Fsp3) is 0.0417. The molecule has 0 spiro atoms. The van der Waals surface area contributed by atoms with Gasteiger partial charge in [-0.2, -0.15) is 0 Å². The number of benzene rings is 3. The Labute approximate surface area is 188 Å². The molecule has 3 aromatic carbocycles. The lowest BCUT2D eigenvalue weighted by molar-refractivity contribution is 0.0602. The van der Waals surface area contributed by atoms with Crippen LogP contribution in [-0.2, 0) is 4.74 Å². The zero-order valence-electron chi connectivity index (χ0n) is 16.4. The van der Waals surface area contributed by atoms with E-state index in [0.29, 0.717) is 37.9 Å². The van der Waals surface area contributed by atoms with Crippen molar-refractivity contribution in [2.24, 2.45) is 0 Å². The lowest BCUT2D eigenvalue weighted by Crippen LogP contribution is -2.16. The molecule has 0 saturated heterocycles. The summed E-state index contributed by atoms with van der Waals surface area (Å²) in [5, 5.41) is 4.33. The molecular weight excluding hydrogens is 435 g/mol. The van der Waals surface area contributed by atoms with E-state index in [1.807, 2.05) is 24.3 Å². The van der Waals surface area contributed by atoms with Crippen LogP contribution in [-0.4, -0.2) is 24.0 Å². The van der Waals surface area contributed by atoms with Crippen molar-refractivity contribution in [1.29, 1.82) is 0 Å². The van der Waals surface area contributed by atoms with Crippen LogP contribution in [0.15, 0.2) is 72.8 Å². The maximum atomic E-state index is 13.3. The van der Waals surface area contributed by atoms with E-state index in [0.717, 1.165) is 5.56 Å². The fourth-order valence-corrected chi connectivity index (χ4v) is 3.53. The minimum absolute atomic E-state index is 0.265. The fourth-order valence-electron chi connectivity index (χ4n) is 3.24. The highest BCUT2D eigenvalue weighted by atomic mass is 35.5. The van der Waals surface area contributed by atoms with Gasteiger partial charge in [-0.3, -0.25) is 4.79 Å². The van der Waals surface area contributed by atoms with Crippen LogP contribution < -0.4 is 5.32 Å². The van der Waals surface area contributed by atoms with Crippen molar-refractivity contribution in [3.8, 4) is 11.3 Å². The third kappa shape index (κ3) is 4.24. The van der Waals surface area contributed by atoms with E-state index in [-0.39, 0.29) is 11.5 Å². The van der Waals surface area contributed by atoms with Gasteiger partial charge in [-0.05, 0) is 36.4 Å². The Balaban J connectivity index is 1.81. The van der Waals surface area contributed by atoms with Crippen LogP contribution in [0.25, 0.3) is 22.2 Å². The summed E-state index contributed by atoms with van der Waals surface area (Å²) in [6, 6.07) is 20.9. The average molecular weight is 451 g/mol. The number of ether oxygens (including phenoxy) is 1. The first-order valence-electron chi connectivity index (χ1n) is 9.32. The number of nitrogens with zero attached hydrogens (tertiary/aromatic N) is 1. The van der Waals surface area contributed by atoms with Gasteiger partial charge in [0.2, 0.25) is 0 Å². The van der Waals surface area contributed by atoms with Crippen LogP contribution in [0.2, 0.25) is 10.0 Å². The number of pyridine rings is 1. The van der Waals surface area contributed by atoms with E-state index in [2.05, 4.69) is 10.3 Å². The van der Waals surface area contributed by atoms with Gasteiger partial charge in [-0.25, -0.2) is 9.78 Å². The minimum Gasteiger partial charge on any atom is -0.465 e. The zero-order valence-corrected chi connectivity index (χ0v) is 17.9. The summed E-state index contributed by atoms with van der Waals surface area (Å²) in [4.78, 5) is 30.0. The van der Waals surface area contributed by atoms with E-state index in [9.17, 15) is 9.59 Å². The van der Waals surface area contributed by atoms with Gasteiger partial charge in [0, 0.05) is 10.9 Å². The second-order valence-corrected chi connectivity index (χ2v) is 7.51. The van der Waals surface area contributed by atoms with Crippen LogP contribution in [0.5, 0.6) is 0 Å². The molecule has 0 atom stereocenters. The third-order valence-electron chi connectivity index (χ3n) is 4.76. The molecular formula is C24H16Cl2N2O3. The number of hydrogen-bond donors (Lipinski definition) is 1. The smallest absolute Gasteiger partial charge is 0.339 e. The number of para-hydroxylation sites is 2. The average Bonchev–Trinajstić information content (AvgIpc) is 2.80. The molecule has 154 valence electrons. The highest BCUT2D eigenvalue weighted by Crippen LogP contribution is 2.30. The van der Waals surface area contributed by atoms with Crippen molar-refractivity contribution in [1.82, 2.24) is 4.98 Å². The van der Waals surface area contributed by atoms with E-state index in [4.69, 9.17) is 27.9 Å².